The first-order valence-electron chi connectivity index (χ1n) is 6.69. The fourth-order valence-electron chi connectivity index (χ4n) is 2.00. The number of hydrogen-bond acceptors (Lipinski definition) is 4. The summed E-state index contributed by atoms with van der Waals surface area (Å²) in [4.78, 5) is 13.9. The molecule has 106 valence electrons. The van der Waals surface area contributed by atoms with Crippen molar-refractivity contribution in [1.29, 1.82) is 0 Å². The van der Waals surface area contributed by atoms with E-state index < -0.39 is 0 Å². The number of hydrogen-bond donors (Lipinski definition) is 1. The van der Waals surface area contributed by atoms with Crippen LogP contribution in [0.2, 0.25) is 0 Å². The molecule has 1 unspecified atom stereocenters. The first-order valence-corrected chi connectivity index (χ1v) is 8.09. The molecule has 1 rings (SSSR count). The molecule has 18 heavy (non-hydrogen) atoms. The topological polar surface area (TPSA) is 55.6 Å². The summed E-state index contributed by atoms with van der Waals surface area (Å²) in [5.41, 5.74) is 5.91. The van der Waals surface area contributed by atoms with Gasteiger partial charge in [-0.1, -0.05) is 13.8 Å². The van der Waals surface area contributed by atoms with Gasteiger partial charge < -0.3 is 15.4 Å². The summed E-state index contributed by atoms with van der Waals surface area (Å²) in [7, 11) is 0. The van der Waals surface area contributed by atoms with Gasteiger partial charge in [0.2, 0.25) is 5.91 Å². The first kappa shape index (κ1) is 15.8. The van der Waals surface area contributed by atoms with Gasteiger partial charge in [0, 0.05) is 19.7 Å². The smallest absolute Gasteiger partial charge is 0.239 e. The van der Waals surface area contributed by atoms with E-state index in [0.717, 1.165) is 31.7 Å². The zero-order valence-corrected chi connectivity index (χ0v) is 12.5. The highest BCUT2D eigenvalue weighted by Gasteiger charge is 2.29. The molecule has 0 aliphatic carbocycles. The average molecular weight is 274 g/mol. The lowest BCUT2D eigenvalue weighted by Crippen LogP contribution is -2.43. The van der Waals surface area contributed by atoms with Crippen molar-refractivity contribution >= 4 is 17.7 Å². The van der Waals surface area contributed by atoms with Gasteiger partial charge in [-0.15, -0.1) is 0 Å². The summed E-state index contributed by atoms with van der Waals surface area (Å²) in [6.07, 6.45) is 3.92. The Morgan fingerprint density at radius 1 is 1.56 bits per heavy atom. The lowest BCUT2D eigenvalue weighted by Gasteiger charge is -2.21. The highest BCUT2D eigenvalue weighted by Crippen LogP contribution is 2.15. The van der Waals surface area contributed by atoms with Crippen molar-refractivity contribution in [2.24, 2.45) is 11.7 Å². The molecule has 1 amide bonds. The molecule has 2 N–H and O–H groups in total. The van der Waals surface area contributed by atoms with Crippen molar-refractivity contribution in [3.63, 3.8) is 0 Å². The molecule has 5 heteroatoms. The Morgan fingerprint density at radius 2 is 2.28 bits per heavy atom. The Labute approximate surface area is 115 Å². The molecule has 1 heterocycles. The third-order valence-electron chi connectivity index (χ3n) is 3.07. The molecule has 4 nitrogen and oxygen atoms in total. The van der Waals surface area contributed by atoms with Crippen molar-refractivity contribution in [1.82, 2.24) is 4.90 Å². The van der Waals surface area contributed by atoms with Gasteiger partial charge in [-0.2, -0.15) is 11.8 Å². The molecule has 0 aromatic rings. The fraction of sp³-hybridized carbons (Fsp3) is 0.923. The van der Waals surface area contributed by atoms with Gasteiger partial charge in [0.05, 0.1) is 12.1 Å². The minimum atomic E-state index is -0.346. The van der Waals surface area contributed by atoms with E-state index in [-0.39, 0.29) is 18.1 Å². The summed E-state index contributed by atoms with van der Waals surface area (Å²) in [6, 6.07) is -0.346. The van der Waals surface area contributed by atoms with E-state index in [9.17, 15) is 4.79 Å². The monoisotopic (exact) mass is 274 g/mol. The van der Waals surface area contributed by atoms with E-state index in [1.807, 2.05) is 11.2 Å². The van der Waals surface area contributed by atoms with Gasteiger partial charge >= 0.3 is 0 Å². The van der Waals surface area contributed by atoms with Crippen LogP contribution in [0.25, 0.3) is 0 Å². The van der Waals surface area contributed by atoms with E-state index in [0.29, 0.717) is 12.5 Å². The van der Waals surface area contributed by atoms with Gasteiger partial charge in [-0.05, 0) is 30.8 Å². The maximum Gasteiger partial charge on any atom is 0.239 e. The Bertz CT molecular complexity index is 261. The molecule has 1 fully saturated rings. The van der Waals surface area contributed by atoms with Gasteiger partial charge in [-0.3, -0.25) is 4.79 Å². The lowest BCUT2D eigenvalue weighted by molar-refractivity contribution is -0.132. The molecule has 0 aromatic heterocycles. The Kier molecular flexibility index (Phi) is 7.04. The van der Waals surface area contributed by atoms with Crippen LogP contribution < -0.4 is 5.73 Å². The maximum absolute atomic E-state index is 12.1. The van der Waals surface area contributed by atoms with Crippen molar-refractivity contribution in [2.75, 3.05) is 31.7 Å². The highest BCUT2D eigenvalue weighted by atomic mass is 32.2. The summed E-state index contributed by atoms with van der Waals surface area (Å²) in [5.74, 6) is 1.56. The number of ether oxygens (including phenoxy) is 1. The highest BCUT2D eigenvalue weighted by molar-refractivity contribution is 7.98. The van der Waals surface area contributed by atoms with Crippen molar-refractivity contribution < 1.29 is 9.53 Å². The Morgan fingerprint density at radius 3 is 2.89 bits per heavy atom. The second-order valence-corrected chi connectivity index (χ2v) is 6.30. The van der Waals surface area contributed by atoms with Crippen molar-refractivity contribution in [3.05, 3.63) is 0 Å². The largest absolute Gasteiger partial charge is 0.376 e. The third kappa shape index (κ3) is 5.16. The summed E-state index contributed by atoms with van der Waals surface area (Å²) >= 11 is 1.73. The van der Waals surface area contributed by atoms with E-state index in [4.69, 9.17) is 10.5 Å². The van der Waals surface area contributed by atoms with Crippen LogP contribution in [0, 0.1) is 5.92 Å². The number of likely N-dealkylation sites (tertiary alicyclic amines) is 1. The van der Waals surface area contributed by atoms with Gasteiger partial charge in [0.25, 0.3) is 0 Å². The van der Waals surface area contributed by atoms with Crippen LogP contribution in [0.5, 0.6) is 0 Å². The molecule has 0 saturated carbocycles. The van der Waals surface area contributed by atoms with Gasteiger partial charge in [0.15, 0.2) is 0 Å². The zero-order chi connectivity index (χ0) is 13.5. The number of nitrogens with zero attached hydrogens (tertiary/aromatic N) is 1. The molecule has 0 aromatic carbocycles. The molecular weight excluding hydrogens is 248 g/mol. The zero-order valence-electron chi connectivity index (χ0n) is 11.7. The standard InChI is InChI=1S/C13H26N2O2S/c1-10(2)9-17-11-4-6-15(8-11)13(16)12(14)5-7-18-3/h10-12H,4-9,14H2,1-3H3/t11?,12-/m0/s1. The fourth-order valence-corrected chi connectivity index (χ4v) is 2.49. The summed E-state index contributed by atoms with van der Waals surface area (Å²) in [5, 5.41) is 0. The van der Waals surface area contributed by atoms with Crippen LogP contribution >= 0.6 is 11.8 Å². The van der Waals surface area contributed by atoms with Crippen molar-refractivity contribution in [2.45, 2.75) is 38.8 Å². The minimum absolute atomic E-state index is 0.0831. The number of nitrogens with two attached hydrogens (primary N) is 1. The summed E-state index contributed by atoms with van der Waals surface area (Å²) in [6.45, 7) is 6.53. The van der Waals surface area contributed by atoms with Crippen LogP contribution in [0.4, 0.5) is 0 Å². The number of carbonyl (C=O) groups is 1. The van der Waals surface area contributed by atoms with E-state index in [1.54, 1.807) is 11.8 Å². The lowest BCUT2D eigenvalue weighted by atomic mass is 10.2. The third-order valence-corrected chi connectivity index (χ3v) is 3.72. The number of carbonyl (C=O) groups excluding carboxylic acids is 1. The normalized spacial score (nSPS) is 21.6. The molecule has 1 aliphatic rings. The van der Waals surface area contributed by atoms with E-state index in [2.05, 4.69) is 13.8 Å². The molecule has 0 spiro atoms. The number of amides is 1. The Hall–Kier alpha value is -0.260. The van der Waals surface area contributed by atoms with Crippen molar-refractivity contribution in [3.8, 4) is 0 Å². The van der Waals surface area contributed by atoms with Crippen LogP contribution in [-0.2, 0) is 9.53 Å². The van der Waals surface area contributed by atoms with E-state index >= 15 is 0 Å². The predicted octanol–water partition coefficient (Wildman–Crippen LogP) is 1.34. The molecule has 0 bridgehead atoms. The second-order valence-electron chi connectivity index (χ2n) is 5.31. The maximum atomic E-state index is 12.1. The Balaban J connectivity index is 2.29. The van der Waals surface area contributed by atoms with Crippen LogP contribution in [-0.4, -0.2) is 54.7 Å². The minimum Gasteiger partial charge on any atom is -0.376 e. The molecule has 1 saturated heterocycles. The molecule has 1 aliphatic heterocycles. The molecule has 0 radical (unpaired) electrons. The van der Waals surface area contributed by atoms with Gasteiger partial charge in [0.1, 0.15) is 0 Å². The molecule has 2 atom stereocenters. The SMILES string of the molecule is CSCC[C@H](N)C(=O)N1CCC(OCC(C)C)C1. The summed E-state index contributed by atoms with van der Waals surface area (Å²) < 4.78 is 5.77. The number of thioether (sulfide) groups is 1. The van der Waals surface area contributed by atoms with E-state index in [1.165, 1.54) is 0 Å². The second kappa shape index (κ2) is 8.02. The number of rotatable bonds is 7. The van der Waals surface area contributed by atoms with Crippen LogP contribution in [0.15, 0.2) is 0 Å². The predicted molar refractivity (Wildman–Crippen MR) is 76.7 cm³/mol. The quantitative estimate of drug-likeness (QED) is 0.761. The van der Waals surface area contributed by atoms with Crippen LogP contribution in [0.1, 0.15) is 26.7 Å². The van der Waals surface area contributed by atoms with Gasteiger partial charge in [-0.25, -0.2) is 0 Å². The first-order chi connectivity index (χ1) is 8.54. The molecular formula is C13H26N2O2S. The van der Waals surface area contributed by atoms with Crippen LogP contribution in [0.3, 0.4) is 0 Å². The average Bonchev–Trinajstić information content (AvgIpc) is 2.81.